The lowest BCUT2D eigenvalue weighted by Gasteiger charge is -2.21. The van der Waals surface area contributed by atoms with Gasteiger partial charge in [-0.2, -0.15) is 0 Å². The zero-order chi connectivity index (χ0) is 22.8. The standard InChI is InChI=1S/C26H33FN4O/c1-5-31-19(4)18(3)23-14-21(26(32)30-11-6-9-28-10-12-30)15-24(25(23)31)29-16-20-7-8-22(27)13-17(20)2/h7-8,13-15,28-29H,5-6,9-12,16H2,1-4H3. The first-order chi connectivity index (χ1) is 15.4. The lowest BCUT2D eigenvalue weighted by Crippen LogP contribution is -2.34. The predicted molar refractivity (Wildman–Crippen MR) is 129 cm³/mol. The summed E-state index contributed by atoms with van der Waals surface area (Å²) in [6, 6.07) is 8.92. The van der Waals surface area contributed by atoms with Crippen LogP contribution in [-0.4, -0.2) is 41.6 Å². The number of carbonyl (C=O) groups is 1. The molecule has 1 aromatic heterocycles. The first-order valence-corrected chi connectivity index (χ1v) is 11.5. The highest BCUT2D eigenvalue weighted by molar-refractivity contribution is 6.04. The maximum atomic E-state index is 13.5. The molecule has 0 radical (unpaired) electrons. The molecule has 1 aliphatic rings. The van der Waals surface area contributed by atoms with Crippen LogP contribution in [0.1, 0.15) is 46.1 Å². The van der Waals surface area contributed by atoms with Crippen LogP contribution in [-0.2, 0) is 13.1 Å². The van der Waals surface area contributed by atoms with E-state index in [1.807, 2.05) is 24.0 Å². The lowest BCUT2D eigenvalue weighted by atomic mass is 10.0. The van der Waals surface area contributed by atoms with Gasteiger partial charge < -0.3 is 20.1 Å². The molecule has 2 aromatic carbocycles. The van der Waals surface area contributed by atoms with Gasteiger partial charge in [0.1, 0.15) is 5.82 Å². The number of rotatable bonds is 5. The summed E-state index contributed by atoms with van der Waals surface area (Å²) in [4.78, 5) is 15.4. The lowest BCUT2D eigenvalue weighted by molar-refractivity contribution is 0.0766. The number of halogens is 1. The number of anilines is 1. The zero-order valence-electron chi connectivity index (χ0n) is 19.5. The summed E-state index contributed by atoms with van der Waals surface area (Å²) in [6.07, 6.45) is 0.966. The molecule has 4 rings (SSSR count). The molecule has 3 aromatic rings. The van der Waals surface area contributed by atoms with E-state index in [1.54, 1.807) is 6.07 Å². The molecule has 1 amide bonds. The molecule has 0 bridgehead atoms. The van der Waals surface area contributed by atoms with E-state index in [2.05, 4.69) is 42.0 Å². The Balaban J connectivity index is 1.76. The van der Waals surface area contributed by atoms with E-state index >= 15 is 0 Å². The second kappa shape index (κ2) is 9.33. The molecule has 32 heavy (non-hydrogen) atoms. The van der Waals surface area contributed by atoms with Crippen LogP contribution in [0.4, 0.5) is 10.1 Å². The number of carbonyl (C=O) groups excluding carboxylic acids is 1. The minimum Gasteiger partial charge on any atom is -0.379 e. The van der Waals surface area contributed by atoms with Crippen LogP contribution in [0.5, 0.6) is 0 Å². The summed E-state index contributed by atoms with van der Waals surface area (Å²) in [5.74, 6) is -0.141. The van der Waals surface area contributed by atoms with Crippen molar-refractivity contribution in [1.82, 2.24) is 14.8 Å². The predicted octanol–water partition coefficient (Wildman–Crippen LogP) is 4.77. The molecule has 0 spiro atoms. The number of benzene rings is 2. The van der Waals surface area contributed by atoms with E-state index in [9.17, 15) is 9.18 Å². The van der Waals surface area contributed by atoms with Crippen molar-refractivity contribution in [3.05, 3.63) is 64.1 Å². The van der Waals surface area contributed by atoms with Crippen LogP contribution < -0.4 is 10.6 Å². The van der Waals surface area contributed by atoms with Crippen LogP contribution in [0.15, 0.2) is 30.3 Å². The Morgan fingerprint density at radius 2 is 1.94 bits per heavy atom. The van der Waals surface area contributed by atoms with Crippen LogP contribution in [0.25, 0.3) is 10.9 Å². The molecule has 5 nitrogen and oxygen atoms in total. The van der Waals surface area contributed by atoms with Crippen LogP contribution in [0, 0.1) is 26.6 Å². The maximum Gasteiger partial charge on any atom is 0.253 e. The van der Waals surface area contributed by atoms with Gasteiger partial charge in [-0.05, 0) is 81.6 Å². The SMILES string of the molecule is CCn1c(C)c(C)c2cc(C(=O)N3CCCNCC3)cc(NCc3ccc(F)cc3C)c21. The summed E-state index contributed by atoms with van der Waals surface area (Å²) < 4.78 is 15.8. The van der Waals surface area contributed by atoms with Gasteiger partial charge in [-0.15, -0.1) is 0 Å². The van der Waals surface area contributed by atoms with Gasteiger partial charge in [0.05, 0.1) is 11.2 Å². The van der Waals surface area contributed by atoms with Gasteiger partial charge in [-0.25, -0.2) is 4.39 Å². The molecule has 2 heterocycles. The summed E-state index contributed by atoms with van der Waals surface area (Å²) >= 11 is 0. The van der Waals surface area contributed by atoms with Crippen molar-refractivity contribution in [2.45, 2.75) is 47.2 Å². The Labute approximate surface area is 189 Å². The Morgan fingerprint density at radius 3 is 2.69 bits per heavy atom. The fraction of sp³-hybridized carbons (Fsp3) is 0.423. The number of nitrogens with one attached hydrogen (secondary N) is 2. The Kier molecular flexibility index (Phi) is 6.51. The molecule has 2 N–H and O–H groups in total. The number of nitrogens with zero attached hydrogens (tertiary/aromatic N) is 2. The first kappa shape index (κ1) is 22.3. The van der Waals surface area contributed by atoms with E-state index in [0.717, 1.165) is 66.9 Å². The van der Waals surface area contributed by atoms with Crippen molar-refractivity contribution in [3.63, 3.8) is 0 Å². The fourth-order valence-electron chi connectivity index (χ4n) is 4.71. The van der Waals surface area contributed by atoms with E-state index in [0.29, 0.717) is 12.1 Å². The quantitative estimate of drug-likeness (QED) is 0.606. The molecule has 6 heteroatoms. The molecule has 1 aliphatic heterocycles. The summed E-state index contributed by atoms with van der Waals surface area (Å²) in [6.45, 7) is 13.0. The highest BCUT2D eigenvalue weighted by atomic mass is 19.1. The smallest absolute Gasteiger partial charge is 0.253 e. The van der Waals surface area contributed by atoms with Crippen molar-refractivity contribution >= 4 is 22.5 Å². The van der Waals surface area contributed by atoms with Crippen LogP contribution in [0.2, 0.25) is 0 Å². The summed E-state index contributed by atoms with van der Waals surface area (Å²) in [5.41, 5.74) is 7.15. The largest absolute Gasteiger partial charge is 0.379 e. The molecule has 170 valence electrons. The Hall–Kier alpha value is -2.86. The average Bonchev–Trinajstić information content (AvgIpc) is 2.96. The highest BCUT2D eigenvalue weighted by Crippen LogP contribution is 2.33. The summed E-state index contributed by atoms with van der Waals surface area (Å²) in [7, 11) is 0. The minimum atomic E-state index is -0.223. The summed E-state index contributed by atoms with van der Waals surface area (Å²) in [5, 5.41) is 8.04. The van der Waals surface area contributed by atoms with Gasteiger partial charge in [-0.3, -0.25) is 4.79 Å². The highest BCUT2D eigenvalue weighted by Gasteiger charge is 2.21. The number of fused-ring (bicyclic) bond motifs is 1. The van der Waals surface area contributed by atoms with Gasteiger partial charge in [0, 0.05) is 49.4 Å². The molecule has 0 atom stereocenters. The number of hydrogen-bond acceptors (Lipinski definition) is 3. The topological polar surface area (TPSA) is 49.3 Å². The van der Waals surface area contributed by atoms with E-state index in [1.165, 1.54) is 17.3 Å². The number of aromatic nitrogens is 1. The van der Waals surface area contributed by atoms with Crippen molar-refractivity contribution < 1.29 is 9.18 Å². The fourth-order valence-corrected chi connectivity index (χ4v) is 4.71. The third-order valence-electron chi connectivity index (χ3n) is 6.70. The monoisotopic (exact) mass is 436 g/mol. The van der Waals surface area contributed by atoms with Crippen molar-refractivity contribution in [1.29, 1.82) is 0 Å². The number of aryl methyl sites for hydroxylation is 3. The van der Waals surface area contributed by atoms with Gasteiger partial charge in [0.25, 0.3) is 5.91 Å². The Bertz CT molecular complexity index is 1140. The van der Waals surface area contributed by atoms with Crippen molar-refractivity contribution in [2.75, 3.05) is 31.5 Å². The number of amides is 1. The second-order valence-electron chi connectivity index (χ2n) is 8.69. The maximum absolute atomic E-state index is 13.5. The molecule has 0 saturated carbocycles. The minimum absolute atomic E-state index is 0.0814. The zero-order valence-corrected chi connectivity index (χ0v) is 19.5. The van der Waals surface area contributed by atoms with Crippen LogP contribution in [0.3, 0.4) is 0 Å². The molecular formula is C26H33FN4O. The van der Waals surface area contributed by atoms with Gasteiger partial charge in [-0.1, -0.05) is 6.07 Å². The van der Waals surface area contributed by atoms with Crippen LogP contribution >= 0.6 is 0 Å². The third-order valence-corrected chi connectivity index (χ3v) is 6.70. The van der Waals surface area contributed by atoms with E-state index in [-0.39, 0.29) is 11.7 Å². The normalized spacial score (nSPS) is 14.6. The number of hydrogen-bond donors (Lipinski definition) is 2. The Morgan fingerprint density at radius 1 is 1.12 bits per heavy atom. The van der Waals surface area contributed by atoms with E-state index in [4.69, 9.17) is 0 Å². The second-order valence-corrected chi connectivity index (χ2v) is 8.69. The molecule has 1 fully saturated rings. The van der Waals surface area contributed by atoms with Gasteiger partial charge in [0.15, 0.2) is 0 Å². The van der Waals surface area contributed by atoms with Gasteiger partial charge in [0.2, 0.25) is 0 Å². The van der Waals surface area contributed by atoms with Gasteiger partial charge >= 0.3 is 0 Å². The first-order valence-electron chi connectivity index (χ1n) is 11.5. The van der Waals surface area contributed by atoms with Crippen molar-refractivity contribution in [3.8, 4) is 0 Å². The molecule has 0 aliphatic carbocycles. The molecule has 0 unspecified atom stereocenters. The average molecular weight is 437 g/mol. The molecular weight excluding hydrogens is 403 g/mol. The van der Waals surface area contributed by atoms with E-state index < -0.39 is 0 Å². The third kappa shape index (κ3) is 4.24. The molecule has 1 saturated heterocycles. The van der Waals surface area contributed by atoms with Crippen molar-refractivity contribution in [2.24, 2.45) is 0 Å².